The van der Waals surface area contributed by atoms with Crippen LogP contribution >= 0.6 is 0 Å². The molecule has 0 amide bonds. The normalized spacial score (nSPS) is 20.9. The number of likely N-dealkylation sites (tertiary alicyclic amines) is 1. The van der Waals surface area contributed by atoms with Crippen LogP contribution in [0.4, 0.5) is 0 Å². The van der Waals surface area contributed by atoms with Gasteiger partial charge >= 0.3 is 0 Å². The van der Waals surface area contributed by atoms with E-state index in [0.29, 0.717) is 0 Å². The molecule has 0 aromatic heterocycles. The summed E-state index contributed by atoms with van der Waals surface area (Å²) in [5.74, 6) is 0. The third kappa shape index (κ3) is 4.67. The summed E-state index contributed by atoms with van der Waals surface area (Å²) in [6.45, 7) is 6.96. The fourth-order valence-electron chi connectivity index (χ4n) is 1.99. The molecule has 0 aromatic carbocycles. The molecule has 1 atom stereocenters. The second-order valence-corrected chi connectivity index (χ2v) is 4.37. The highest BCUT2D eigenvalue weighted by Gasteiger charge is 2.20. The van der Waals surface area contributed by atoms with Crippen LogP contribution in [-0.4, -0.2) is 42.8 Å². The molecule has 1 aliphatic heterocycles. The summed E-state index contributed by atoms with van der Waals surface area (Å²) >= 11 is 0. The first-order valence-electron chi connectivity index (χ1n) is 5.99. The zero-order valence-corrected chi connectivity index (χ0v) is 9.84. The number of aliphatic hydroxyl groups excluding tert-OH is 1. The van der Waals surface area contributed by atoms with Crippen molar-refractivity contribution in [1.29, 1.82) is 0 Å². The van der Waals surface area contributed by atoms with Gasteiger partial charge in [0.25, 0.3) is 0 Å². The van der Waals surface area contributed by atoms with Crippen molar-refractivity contribution in [1.82, 2.24) is 10.2 Å². The van der Waals surface area contributed by atoms with Crippen molar-refractivity contribution in [3.63, 3.8) is 0 Å². The van der Waals surface area contributed by atoms with Crippen molar-refractivity contribution in [3.8, 4) is 0 Å². The molecule has 0 aliphatic carbocycles. The van der Waals surface area contributed by atoms with Crippen LogP contribution < -0.4 is 5.32 Å². The Balaban J connectivity index is 2.03. The van der Waals surface area contributed by atoms with Gasteiger partial charge in [0.15, 0.2) is 0 Å². The molecule has 3 nitrogen and oxygen atoms in total. The second-order valence-electron chi connectivity index (χ2n) is 4.37. The van der Waals surface area contributed by atoms with Gasteiger partial charge in [0.1, 0.15) is 0 Å². The van der Waals surface area contributed by atoms with Crippen molar-refractivity contribution in [3.05, 3.63) is 12.3 Å². The van der Waals surface area contributed by atoms with Crippen molar-refractivity contribution in [2.75, 3.05) is 26.7 Å². The van der Waals surface area contributed by atoms with E-state index in [1.807, 2.05) is 7.05 Å². The number of β-amino-alcohol motifs (C(OH)–C–C–N with tert-alkyl or cyclic N) is 1. The molecule has 1 unspecified atom stereocenters. The summed E-state index contributed by atoms with van der Waals surface area (Å²) in [5.41, 5.74) is 1.20. The van der Waals surface area contributed by atoms with E-state index in [2.05, 4.69) is 16.8 Å². The number of rotatable bonds is 7. The molecule has 2 N–H and O–H groups in total. The Bertz CT molecular complexity index is 194. The van der Waals surface area contributed by atoms with Gasteiger partial charge in [-0.25, -0.2) is 0 Å². The summed E-state index contributed by atoms with van der Waals surface area (Å²) in [7, 11) is 1.99. The highest BCUT2D eigenvalue weighted by Crippen LogP contribution is 2.18. The van der Waals surface area contributed by atoms with Crippen molar-refractivity contribution < 1.29 is 5.11 Å². The predicted octanol–water partition coefficient (Wildman–Crippen LogP) is 1.35. The van der Waals surface area contributed by atoms with E-state index >= 15 is 0 Å². The first kappa shape index (κ1) is 12.5. The van der Waals surface area contributed by atoms with Gasteiger partial charge in [0, 0.05) is 18.8 Å². The van der Waals surface area contributed by atoms with Crippen LogP contribution in [0.1, 0.15) is 32.1 Å². The maximum Gasteiger partial charge on any atom is 0.0731 e. The lowest BCUT2D eigenvalue weighted by molar-refractivity contribution is 0.183. The van der Waals surface area contributed by atoms with Crippen LogP contribution in [0.2, 0.25) is 0 Å². The Morgan fingerprint density at radius 1 is 1.47 bits per heavy atom. The summed E-state index contributed by atoms with van der Waals surface area (Å²) in [6, 6.07) is 0. The van der Waals surface area contributed by atoms with E-state index in [4.69, 9.17) is 0 Å². The van der Waals surface area contributed by atoms with E-state index in [9.17, 15) is 5.11 Å². The van der Waals surface area contributed by atoms with E-state index in [1.165, 1.54) is 25.0 Å². The largest absolute Gasteiger partial charge is 0.391 e. The van der Waals surface area contributed by atoms with Gasteiger partial charge in [-0.15, -0.1) is 0 Å². The van der Waals surface area contributed by atoms with Gasteiger partial charge in [-0.05, 0) is 39.3 Å². The van der Waals surface area contributed by atoms with Gasteiger partial charge < -0.3 is 15.3 Å². The molecule has 0 bridgehead atoms. The van der Waals surface area contributed by atoms with Crippen LogP contribution in [0, 0.1) is 0 Å². The van der Waals surface area contributed by atoms with E-state index in [0.717, 1.165) is 32.5 Å². The van der Waals surface area contributed by atoms with Gasteiger partial charge in [-0.3, -0.25) is 0 Å². The van der Waals surface area contributed by atoms with E-state index in [1.54, 1.807) is 0 Å². The average Bonchev–Trinajstić information content (AvgIpc) is 2.64. The first-order chi connectivity index (χ1) is 7.24. The molecule has 1 heterocycles. The number of unbranched alkanes of at least 4 members (excludes halogenated alkanes) is 2. The average molecular weight is 212 g/mol. The van der Waals surface area contributed by atoms with Crippen molar-refractivity contribution in [2.24, 2.45) is 0 Å². The SMILES string of the molecule is C=C(CCCCCNC)N1CCC(O)C1. The fraction of sp³-hybridized carbons (Fsp3) is 0.833. The Labute approximate surface area is 93.2 Å². The van der Waals surface area contributed by atoms with Crippen LogP contribution in [0.15, 0.2) is 12.3 Å². The summed E-state index contributed by atoms with van der Waals surface area (Å²) < 4.78 is 0. The lowest BCUT2D eigenvalue weighted by Gasteiger charge is -2.20. The van der Waals surface area contributed by atoms with Crippen LogP contribution in [0.5, 0.6) is 0 Å². The van der Waals surface area contributed by atoms with Crippen molar-refractivity contribution >= 4 is 0 Å². The lowest BCUT2D eigenvalue weighted by atomic mass is 10.1. The third-order valence-electron chi connectivity index (χ3n) is 3.00. The molecular weight excluding hydrogens is 188 g/mol. The zero-order valence-electron chi connectivity index (χ0n) is 9.84. The molecular formula is C12H24N2O. The van der Waals surface area contributed by atoms with Gasteiger partial charge in [-0.1, -0.05) is 13.0 Å². The number of nitrogens with one attached hydrogen (secondary N) is 1. The highest BCUT2D eigenvalue weighted by molar-refractivity contribution is 4.97. The quantitative estimate of drug-likeness (QED) is 0.625. The molecule has 0 spiro atoms. The maximum absolute atomic E-state index is 9.40. The summed E-state index contributed by atoms with van der Waals surface area (Å²) in [4.78, 5) is 2.22. The minimum Gasteiger partial charge on any atom is -0.391 e. The highest BCUT2D eigenvalue weighted by atomic mass is 16.3. The third-order valence-corrected chi connectivity index (χ3v) is 3.00. The number of hydrogen-bond donors (Lipinski definition) is 2. The molecule has 0 radical (unpaired) electrons. The number of nitrogens with zero attached hydrogens (tertiary/aromatic N) is 1. The Morgan fingerprint density at radius 2 is 2.27 bits per heavy atom. The van der Waals surface area contributed by atoms with Gasteiger partial charge in [0.2, 0.25) is 0 Å². The molecule has 1 saturated heterocycles. The Kier molecular flexibility index (Phi) is 5.73. The van der Waals surface area contributed by atoms with E-state index in [-0.39, 0.29) is 6.10 Å². The number of allylic oxidation sites excluding steroid dienone is 1. The predicted molar refractivity (Wildman–Crippen MR) is 63.7 cm³/mol. The van der Waals surface area contributed by atoms with Crippen LogP contribution in [-0.2, 0) is 0 Å². The molecule has 0 saturated carbocycles. The summed E-state index contributed by atoms with van der Waals surface area (Å²) in [5, 5.41) is 12.5. The van der Waals surface area contributed by atoms with Gasteiger partial charge in [0.05, 0.1) is 6.10 Å². The standard InChI is InChI=1S/C12H24N2O/c1-11(6-4-3-5-8-13-2)14-9-7-12(15)10-14/h12-13,15H,1,3-10H2,2H3. The monoisotopic (exact) mass is 212 g/mol. The summed E-state index contributed by atoms with van der Waals surface area (Å²) in [6.07, 6.45) is 5.57. The van der Waals surface area contributed by atoms with E-state index < -0.39 is 0 Å². The molecule has 1 rings (SSSR count). The zero-order chi connectivity index (χ0) is 11.1. The molecule has 0 aromatic rings. The molecule has 15 heavy (non-hydrogen) atoms. The molecule has 3 heteroatoms. The first-order valence-corrected chi connectivity index (χ1v) is 5.99. The minimum atomic E-state index is -0.133. The van der Waals surface area contributed by atoms with Crippen LogP contribution in [0.25, 0.3) is 0 Å². The van der Waals surface area contributed by atoms with Gasteiger partial charge in [-0.2, -0.15) is 0 Å². The number of aliphatic hydroxyl groups is 1. The maximum atomic E-state index is 9.40. The second kappa shape index (κ2) is 6.85. The number of hydrogen-bond acceptors (Lipinski definition) is 3. The Hall–Kier alpha value is -0.540. The molecule has 1 aliphatic rings. The Morgan fingerprint density at radius 3 is 2.87 bits per heavy atom. The topological polar surface area (TPSA) is 35.5 Å². The van der Waals surface area contributed by atoms with Crippen molar-refractivity contribution in [2.45, 2.75) is 38.2 Å². The minimum absolute atomic E-state index is 0.133. The van der Waals surface area contributed by atoms with Crippen LogP contribution in [0.3, 0.4) is 0 Å². The molecule has 1 fully saturated rings. The smallest absolute Gasteiger partial charge is 0.0731 e. The lowest BCUT2D eigenvalue weighted by Crippen LogP contribution is -2.20. The molecule has 88 valence electrons. The fourth-order valence-corrected chi connectivity index (χ4v) is 1.99.